The van der Waals surface area contributed by atoms with E-state index in [0.717, 1.165) is 32.1 Å². The molecule has 1 fully saturated rings. The van der Waals surface area contributed by atoms with Gasteiger partial charge in [0.2, 0.25) is 5.91 Å². The van der Waals surface area contributed by atoms with Gasteiger partial charge in [-0.05, 0) is 31.2 Å². The molecule has 0 aliphatic heterocycles. The van der Waals surface area contributed by atoms with Crippen molar-refractivity contribution < 1.29 is 4.79 Å². The van der Waals surface area contributed by atoms with Crippen molar-refractivity contribution in [3.63, 3.8) is 0 Å². The molecule has 0 saturated heterocycles. The number of carbonyl (C=O) groups excluding carboxylic acids is 1. The maximum atomic E-state index is 12.7. The van der Waals surface area contributed by atoms with Gasteiger partial charge in [0.25, 0.3) is 0 Å². The average Bonchev–Trinajstić information content (AvgIpc) is 2.97. The van der Waals surface area contributed by atoms with Gasteiger partial charge in [-0.25, -0.2) is 0 Å². The molecule has 0 atom stereocenters. The summed E-state index contributed by atoms with van der Waals surface area (Å²) in [5.41, 5.74) is -0.758. The van der Waals surface area contributed by atoms with Crippen LogP contribution >= 0.6 is 11.3 Å². The van der Waals surface area contributed by atoms with Crippen LogP contribution in [0.15, 0.2) is 17.5 Å². The van der Waals surface area contributed by atoms with Crippen molar-refractivity contribution >= 4 is 17.2 Å². The van der Waals surface area contributed by atoms with Gasteiger partial charge in [0.1, 0.15) is 5.41 Å². The lowest BCUT2D eigenvalue weighted by Gasteiger charge is -2.34. The predicted molar refractivity (Wildman–Crippen MR) is 76.5 cm³/mol. The van der Waals surface area contributed by atoms with E-state index in [1.165, 1.54) is 4.88 Å². The maximum absolute atomic E-state index is 12.7. The van der Waals surface area contributed by atoms with Crippen molar-refractivity contribution in [1.82, 2.24) is 4.90 Å². The number of hydrogen-bond acceptors (Lipinski definition) is 3. The fourth-order valence-electron chi connectivity index (χ4n) is 2.75. The first-order valence-corrected chi connectivity index (χ1v) is 7.83. The quantitative estimate of drug-likeness (QED) is 0.843. The predicted octanol–water partition coefficient (Wildman–Crippen LogP) is 3.57. The van der Waals surface area contributed by atoms with Crippen molar-refractivity contribution in [1.29, 1.82) is 5.26 Å². The summed E-state index contributed by atoms with van der Waals surface area (Å²) in [6, 6.07) is 6.36. The van der Waals surface area contributed by atoms with E-state index >= 15 is 0 Å². The van der Waals surface area contributed by atoms with Crippen LogP contribution in [0.25, 0.3) is 0 Å². The minimum Gasteiger partial charge on any atom is -0.336 e. The van der Waals surface area contributed by atoms with Crippen molar-refractivity contribution in [3.05, 3.63) is 22.4 Å². The first kappa shape index (κ1) is 14.1. The Hall–Kier alpha value is -1.34. The van der Waals surface area contributed by atoms with E-state index in [-0.39, 0.29) is 5.91 Å². The monoisotopic (exact) mass is 276 g/mol. The van der Waals surface area contributed by atoms with Gasteiger partial charge in [-0.3, -0.25) is 4.79 Å². The Balaban J connectivity index is 2.13. The summed E-state index contributed by atoms with van der Waals surface area (Å²) in [5.74, 6) is 0.0330. The van der Waals surface area contributed by atoms with Crippen LogP contribution in [0.5, 0.6) is 0 Å². The second kappa shape index (κ2) is 6.21. The van der Waals surface area contributed by atoms with Gasteiger partial charge < -0.3 is 4.90 Å². The summed E-state index contributed by atoms with van der Waals surface area (Å²) in [6.45, 7) is 3.29. The Kier molecular flexibility index (Phi) is 4.60. The van der Waals surface area contributed by atoms with Gasteiger partial charge in [-0.2, -0.15) is 5.26 Å². The number of thiophene rings is 1. The molecule has 3 nitrogen and oxygen atoms in total. The van der Waals surface area contributed by atoms with Crippen LogP contribution in [0.3, 0.4) is 0 Å². The van der Waals surface area contributed by atoms with Crippen molar-refractivity contribution in [2.24, 2.45) is 5.41 Å². The number of hydrogen-bond donors (Lipinski definition) is 0. The first-order chi connectivity index (χ1) is 9.22. The molecule has 1 aromatic heterocycles. The van der Waals surface area contributed by atoms with E-state index in [4.69, 9.17) is 0 Å². The summed E-state index contributed by atoms with van der Waals surface area (Å²) in [4.78, 5) is 15.7. The van der Waals surface area contributed by atoms with Crippen LogP contribution in [0.2, 0.25) is 0 Å². The molecule has 102 valence electrons. The van der Waals surface area contributed by atoms with Crippen LogP contribution in [0.1, 0.15) is 43.9 Å². The van der Waals surface area contributed by atoms with Crippen LogP contribution in [-0.4, -0.2) is 17.4 Å². The standard InChI is InChI=1S/C15H20N2OS/c1-2-17(11-13-7-6-10-19-13)14(18)15(12-16)8-4-3-5-9-15/h6-7,10H,2-5,8-9,11H2,1H3. The van der Waals surface area contributed by atoms with Gasteiger partial charge in [-0.1, -0.05) is 25.3 Å². The van der Waals surface area contributed by atoms with Crippen LogP contribution in [-0.2, 0) is 11.3 Å². The van der Waals surface area contributed by atoms with E-state index in [2.05, 4.69) is 6.07 Å². The van der Waals surface area contributed by atoms with Gasteiger partial charge in [0, 0.05) is 11.4 Å². The molecule has 0 spiro atoms. The maximum Gasteiger partial charge on any atom is 0.243 e. The third-order valence-electron chi connectivity index (χ3n) is 3.93. The zero-order valence-corrected chi connectivity index (χ0v) is 12.2. The van der Waals surface area contributed by atoms with E-state index in [1.807, 2.05) is 29.3 Å². The van der Waals surface area contributed by atoms with Gasteiger partial charge in [0.15, 0.2) is 0 Å². The molecule has 1 saturated carbocycles. The molecule has 0 aromatic carbocycles. The zero-order chi connectivity index (χ0) is 13.7. The minimum absolute atomic E-state index is 0.0330. The largest absolute Gasteiger partial charge is 0.336 e. The second-order valence-electron chi connectivity index (χ2n) is 5.15. The molecule has 19 heavy (non-hydrogen) atoms. The third kappa shape index (κ3) is 2.98. The van der Waals surface area contributed by atoms with Crippen molar-refractivity contribution in [2.45, 2.75) is 45.6 Å². The van der Waals surface area contributed by atoms with Crippen molar-refractivity contribution in [2.75, 3.05) is 6.54 Å². The van der Waals surface area contributed by atoms with Crippen molar-refractivity contribution in [3.8, 4) is 6.07 Å². The molecular weight excluding hydrogens is 256 g/mol. The molecular formula is C15H20N2OS. The minimum atomic E-state index is -0.758. The topological polar surface area (TPSA) is 44.1 Å². The summed E-state index contributed by atoms with van der Waals surface area (Å²) < 4.78 is 0. The lowest BCUT2D eigenvalue weighted by atomic mass is 9.74. The highest BCUT2D eigenvalue weighted by atomic mass is 32.1. The molecule has 1 aromatic rings. The Morgan fingerprint density at radius 2 is 2.21 bits per heavy atom. The number of amides is 1. The van der Waals surface area contributed by atoms with Gasteiger partial charge >= 0.3 is 0 Å². The summed E-state index contributed by atoms with van der Waals surface area (Å²) >= 11 is 1.66. The Morgan fingerprint density at radius 1 is 1.47 bits per heavy atom. The zero-order valence-electron chi connectivity index (χ0n) is 11.4. The summed E-state index contributed by atoms with van der Waals surface area (Å²) in [7, 11) is 0. The highest BCUT2D eigenvalue weighted by Crippen LogP contribution is 2.37. The molecule has 0 unspecified atom stereocenters. The van der Waals surface area contributed by atoms with Gasteiger partial charge in [-0.15, -0.1) is 11.3 Å². The Bertz CT molecular complexity index is 455. The lowest BCUT2D eigenvalue weighted by Crippen LogP contribution is -2.43. The van der Waals surface area contributed by atoms with Crippen LogP contribution in [0, 0.1) is 16.7 Å². The lowest BCUT2D eigenvalue weighted by molar-refractivity contribution is -0.141. The van der Waals surface area contributed by atoms with E-state index in [1.54, 1.807) is 11.3 Å². The summed E-state index contributed by atoms with van der Waals surface area (Å²) in [6.07, 6.45) is 4.59. The molecule has 1 heterocycles. The Morgan fingerprint density at radius 3 is 2.74 bits per heavy atom. The molecule has 1 amide bonds. The third-order valence-corrected chi connectivity index (χ3v) is 4.79. The normalized spacial score (nSPS) is 17.7. The van der Waals surface area contributed by atoms with E-state index in [9.17, 15) is 10.1 Å². The SMILES string of the molecule is CCN(Cc1cccs1)C(=O)C1(C#N)CCCCC1. The smallest absolute Gasteiger partial charge is 0.243 e. The van der Waals surface area contributed by atoms with E-state index < -0.39 is 5.41 Å². The molecule has 0 radical (unpaired) electrons. The molecule has 1 aliphatic rings. The van der Waals surface area contributed by atoms with Crippen LogP contribution < -0.4 is 0 Å². The first-order valence-electron chi connectivity index (χ1n) is 6.95. The molecule has 4 heteroatoms. The molecule has 1 aliphatic carbocycles. The molecule has 0 N–H and O–H groups in total. The highest BCUT2D eigenvalue weighted by Gasteiger charge is 2.42. The highest BCUT2D eigenvalue weighted by molar-refractivity contribution is 7.09. The van der Waals surface area contributed by atoms with E-state index in [0.29, 0.717) is 13.1 Å². The number of rotatable bonds is 4. The number of carbonyl (C=O) groups is 1. The molecule has 0 bridgehead atoms. The number of nitriles is 1. The Labute approximate surface area is 118 Å². The fraction of sp³-hybridized carbons (Fsp3) is 0.600. The molecule has 2 rings (SSSR count). The van der Waals surface area contributed by atoms with Crippen LogP contribution in [0.4, 0.5) is 0 Å². The summed E-state index contributed by atoms with van der Waals surface area (Å²) in [5, 5.41) is 11.5. The number of nitrogens with zero attached hydrogens (tertiary/aromatic N) is 2. The van der Waals surface area contributed by atoms with Gasteiger partial charge in [0.05, 0.1) is 12.6 Å². The fourth-order valence-corrected chi connectivity index (χ4v) is 3.47. The average molecular weight is 276 g/mol. The second-order valence-corrected chi connectivity index (χ2v) is 6.19.